The molecule has 0 saturated heterocycles. The van der Waals surface area contributed by atoms with Crippen molar-refractivity contribution in [1.29, 1.82) is 0 Å². The first-order chi connectivity index (χ1) is 6.61. The minimum atomic E-state index is -1.19. The molecule has 2 rings (SSSR count). The van der Waals surface area contributed by atoms with Crippen LogP contribution in [0.4, 0.5) is 5.69 Å². The maximum atomic E-state index is 10.7. The van der Waals surface area contributed by atoms with Crippen LogP contribution in [0.3, 0.4) is 0 Å². The molecule has 0 spiro atoms. The van der Waals surface area contributed by atoms with Gasteiger partial charge in [-0.05, 0) is 11.6 Å². The first-order valence-electron chi connectivity index (χ1n) is 4.05. The van der Waals surface area contributed by atoms with Crippen LogP contribution in [-0.4, -0.2) is 16.2 Å². The first-order valence-corrected chi connectivity index (χ1v) is 4.05. The second-order valence-corrected chi connectivity index (χ2v) is 3.12. The zero-order valence-electron chi connectivity index (χ0n) is 7.28. The summed E-state index contributed by atoms with van der Waals surface area (Å²) in [7, 11) is 0. The molecule has 0 radical (unpaired) electrons. The predicted octanol–water partition coefficient (Wildman–Crippen LogP) is 0.703. The number of aromatic hydroxyl groups is 1. The van der Waals surface area contributed by atoms with Gasteiger partial charge in [0.1, 0.15) is 5.56 Å². The maximum absolute atomic E-state index is 10.7. The van der Waals surface area contributed by atoms with Crippen molar-refractivity contribution in [3.05, 3.63) is 22.8 Å². The highest BCUT2D eigenvalue weighted by molar-refractivity contribution is 5.94. The van der Waals surface area contributed by atoms with Crippen molar-refractivity contribution in [2.45, 2.75) is 13.2 Å². The van der Waals surface area contributed by atoms with Gasteiger partial charge in [-0.2, -0.15) is 0 Å². The quantitative estimate of drug-likeness (QED) is 0.453. The second-order valence-electron chi connectivity index (χ2n) is 3.12. The molecule has 0 aliphatic carbocycles. The lowest BCUT2D eigenvalue weighted by atomic mass is 10.0. The zero-order valence-corrected chi connectivity index (χ0v) is 7.28. The van der Waals surface area contributed by atoms with E-state index in [4.69, 9.17) is 15.6 Å². The topological polar surface area (TPSA) is 92.8 Å². The van der Waals surface area contributed by atoms with Gasteiger partial charge >= 0.3 is 5.97 Å². The molecule has 0 unspecified atom stereocenters. The van der Waals surface area contributed by atoms with E-state index in [1.807, 2.05) is 0 Å². The lowest BCUT2D eigenvalue weighted by molar-refractivity contribution is 0.0693. The number of fused-ring (bicyclic) bond motifs is 1. The Labute approximate surface area is 79.7 Å². The number of carboxylic acid groups (broad SMARTS) is 1. The van der Waals surface area contributed by atoms with Gasteiger partial charge in [-0.25, -0.2) is 4.79 Å². The van der Waals surface area contributed by atoms with Crippen molar-refractivity contribution < 1.29 is 19.7 Å². The SMILES string of the molecule is Nc1c(O)c(C(=O)O)cc2c1COC2. The van der Waals surface area contributed by atoms with E-state index >= 15 is 0 Å². The summed E-state index contributed by atoms with van der Waals surface area (Å²) in [5.74, 6) is -1.56. The molecule has 0 fully saturated rings. The molecule has 1 heterocycles. The van der Waals surface area contributed by atoms with E-state index in [0.29, 0.717) is 18.8 Å². The number of phenols is 1. The van der Waals surface area contributed by atoms with Crippen LogP contribution < -0.4 is 5.73 Å². The molecule has 0 aromatic heterocycles. The monoisotopic (exact) mass is 195 g/mol. The fourth-order valence-electron chi connectivity index (χ4n) is 1.52. The van der Waals surface area contributed by atoms with Crippen molar-refractivity contribution >= 4 is 11.7 Å². The fourth-order valence-corrected chi connectivity index (χ4v) is 1.52. The highest BCUT2D eigenvalue weighted by Gasteiger charge is 2.22. The summed E-state index contributed by atoms with van der Waals surface area (Å²) in [4.78, 5) is 10.7. The van der Waals surface area contributed by atoms with E-state index in [0.717, 1.165) is 5.56 Å². The van der Waals surface area contributed by atoms with Gasteiger partial charge in [-0.1, -0.05) is 0 Å². The van der Waals surface area contributed by atoms with Crippen LogP contribution >= 0.6 is 0 Å². The molecule has 0 amide bonds. The normalized spacial score (nSPS) is 14.0. The van der Waals surface area contributed by atoms with Gasteiger partial charge in [0.2, 0.25) is 0 Å². The van der Waals surface area contributed by atoms with E-state index in [1.165, 1.54) is 6.07 Å². The summed E-state index contributed by atoms with van der Waals surface area (Å²) >= 11 is 0. The number of nitrogens with two attached hydrogens (primary N) is 1. The van der Waals surface area contributed by atoms with Crippen LogP contribution in [0.1, 0.15) is 21.5 Å². The Balaban J connectivity index is 2.67. The molecule has 5 nitrogen and oxygen atoms in total. The number of ether oxygens (including phenoxy) is 1. The number of hydrogen-bond acceptors (Lipinski definition) is 4. The van der Waals surface area contributed by atoms with Gasteiger partial charge in [-0.15, -0.1) is 0 Å². The van der Waals surface area contributed by atoms with Crippen molar-refractivity contribution in [3.8, 4) is 5.75 Å². The van der Waals surface area contributed by atoms with Gasteiger partial charge in [0.15, 0.2) is 5.75 Å². The lowest BCUT2D eigenvalue weighted by Gasteiger charge is -2.07. The summed E-state index contributed by atoms with van der Waals surface area (Å²) in [6.45, 7) is 0.675. The second kappa shape index (κ2) is 2.88. The third kappa shape index (κ3) is 1.10. The standard InChI is InChI=1S/C9H9NO4/c10-7-6-3-14-2-4(6)1-5(8(7)11)9(12)13/h1,11H,2-3,10H2,(H,12,13). The van der Waals surface area contributed by atoms with Crippen LogP contribution in [0.5, 0.6) is 5.75 Å². The number of benzene rings is 1. The molecular weight excluding hydrogens is 186 g/mol. The zero-order chi connectivity index (χ0) is 10.3. The number of anilines is 1. The first kappa shape index (κ1) is 8.83. The van der Waals surface area contributed by atoms with E-state index in [1.54, 1.807) is 0 Å². The van der Waals surface area contributed by atoms with Crippen molar-refractivity contribution in [2.75, 3.05) is 5.73 Å². The molecule has 0 saturated carbocycles. The van der Waals surface area contributed by atoms with E-state index in [2.05, 4.69) is 0 Å². The van der Waals surface area contributed by atoms with Gasteiger partial charge in [0.25, 0.3) is 0 Å². The molecule has 1 aromatic rings. The average molecular weight is 195 g/mol. The number of aromatic carboxylic acids is 1. The summed E-state index contributed by atoms with van der Waals surface area (Å²) in [6.07, 6.45) is 0. The Kier molecular flexibility index (Phi) is 1.82. The third-order valence-electron chi connectivity index (χ3n) is 2.28. The molecule has 1 aliphatic heterocycles. The third-order valence-corrected chi connectivity index (χ3v) is 2.28. The molecule has 5 heteroatoms. The maximum Gasteiger partial charge on any atom is 0.339 e. The van der Waals surface area contributed by atoms with E-state index < -0.39 is 5.97 Å². The van der Waals surface area contributed by atoms with Gasteiger partial charge in [0, 0.05) is 5.56 Å². The van der Waals surface area contributed by atoms with Gasteiger partial charge in [0.05, 0.1) is 18.9 Å². The number of carboxylic acids is 1. The molecule has 14 heavy (non-hydrogen) atoms. The smallest absolute Gasteiger partial charge is 0.339 e. The average Bonchev–Trinajstić information content (AvgIpc) is 2.58. The Morgan fingerprint density at radius 2 is 2.21 bits per heavy atom. The van der Waals surface area contributed by atoms with Crippen LogP contribution in [0.2, 0.25) is 0 Å². The Morgan fingerprint density at radius 3 is 2.86 bits per heavy atom. The van der Waals surface area contributed by atoms with Gasteiger partial charge in [-0.3, -0.25) is 0 Å². The molecule has 74 valence electrons. The highest BCUT2D eigenvalue weighted by Crippen LogP contribution is 2.35. The van der Waals surface area contributed by atoms with Crippen molar-refractivity contribution in [2.24, 2.45) is 0 Å². The molecule has 1 aliphatic rings. The minimum Gasteiger partial charge on any atom is -0.505 e. The molecule has 4 N–H and O–H groups in total. The molecule has 1 aromatic carbocycles. The lowest BCUT2D eigenvalue weighted by Crippen LogP contribution is -2.03. The summed E-state index contributed by atoms with van der Waals surface area (Å²) < 4.78 is 5.10. The number of nitrogen functional groups attached to an aromatic ring is 1. The summed E-state index contributed by atoms with van der Waals surface area (Å²) in [5, 5.41) is 18.2. The number of carbonyl (C=O) groups is 1. The van der Waals surface area contributed by atoms with Crippen molar-refractivity contribution in [1.82, 2.24) is 0 Å². The summed E-state index contributed by atoms with van der Waals surface area (Å²) in [6, 6.07) is 1.40. The number of hydrogen-bond donors (Lipinski definition) is 3. The summed E-state index contributed by atoms with van der Waals surface area (Å²) in [5.41, 5.74) is 6.94. The minimum absolute atomic E-state index is 0.109. The van der Waals surface area contributed by atoms with Crippen LogP contribution in [-0.2, 0) is 18.0 Å². The molecule has 0 bridgehead atoms. The molecule has 0 atom stereocenters. The largest absolute Gasteiger partial charge is 0.505 e. The number of rotatable bonds is 1. The highest BCUT2D eigenvalue weighted by atomic mass is 16.5. The van der Waals surface area contributed by atoms with Crippen molar-refractivity contribution in [3.63, 3.8) is 0 Å². The van der Waals surface area contributed by atoms with Crippen LogP contribution in [0, 0.1) is 0 Å². The Hall–Kier alpha value is -1.75. The van der Waals surface area contributed by atoms with Crippen LogP contribution in [0.15, 0.2) is 6.07 Å². The van der Waals surface area contributed by atoms with E-state index in [-0.39, 0.29) is 17.0 Å². The van der Waals surface area contributed by atoms with Gasteiger partial charge < -0.3 is 20.7 Å². The van der Waals surface area contributed by atoms with E-state index in [9.17, 15) is 9.90 Å². The molecular formula is C9H9NO4. The van der Waals surface area contributed by atoms with Crippen LogP contribution in [0.25, 0.3) is 0 Å². The fraction of sp³-hybridized carbons (Fsp3) is 0.222. The Bertz CT molecular complexity index is 414. The predicted molar refractivity (Wildman–Crippen MR) is 48.0 cm³/mol. The Morgan fingerprint density at radius 1 is 1.50 bits per heavy atom.